The number of hydrogen-bond donors (Lipinski definition) is 1. The number of thiocarbonyl (C=S) groups is 1. The number of benzene rings is 1. The SMILES string of the molecule is C=CCN1C(=O)C(=Cc2c(Cl)ccc([N+](=O)[O-])c2Cl)C(=O)NC1=S. The summed E-state index contributed by atoms with van der Waals surface area (Å²) in [5, 5.41) is 13.0. The largest absolute Gasteiger partial charge is 0.298 e. The fraction of sp³-hybridized carbons (Fsp3) is 0.0714. The average molecular weight is 386 g/mol. The maximum absolute atomic E-state index is 12.4. The van der Waals surface area contributed by atoms with Crippen LogP contribution in [0.3, 0.4) is 0 Å². The molecule has 0 saturated carbocycles. The van der Waals surface area contributed by atoms with Gasteiger partial charge in [-0.25, -0.2) is 0 Å². The van der Waals surface area contributed by atoms with E-state index >= 15 is 0 Å². The Morgan fingerprint density at radius 3 is 2.62 bits per heavy atom. The van der Waals surface area contributed by atoms with Crippen LogP contribution in [0.1, 0.15) is 5.56 Å². The molecule has 0 aliphatic carbocycles. The maximum Gasteiger partial charge on any atom is 0.288 e. The molecule has 0 unspecified atom stereocenters. The summed E-state index contributed by atoms with van der Waals surface area (Å²) in [4.78, 5) is 35.9. The number of nitro groups is 1. The van der Waals surface area contributed by atoms with E-state index in [1.165, 1.54) is 12.1 Å². The summed E-state index contributed by atoms with van der Waals surface area (Å²) in [7, 11) is 0. The van der Waals surface area contributed by atoms with E-state index in [2.05, 4.69) is 11.9 Å². The molecule has 0 atom stereocenters. The van der Waals surface area contributed by atoms with E-state index in [4.69, 9.17) is 35.4 Å². The first-order valence-corrected chi connectivity index (χ1v) is 7.56. The zero-order valence-corrected chi connectivity index (χ0v) is 14.2. The lowest BCUT2D eigenvalue weighted by Gasteiger charge is -2.27. The Morgan fingerprint density at radius 2 is 2.04 bits per heavy atom. The van der Waals surface area contributed by atoms with Gasteiger partial charge >= 0.3 is 0 Å². The number of nitrogens with zero attached hydrogens (tertiary/aromatic N) is 2. The Labute approximate surface area is 151 Å². The Hall–Kier alpha value is -2.29. The van der Waals surface area contributed by atoms with Crippen LogP contribution in [0.5, 0.6) is 0 Å². The van der Waals surface area contributed by atoms with Crippen molar-refractivity contribution in [3.8, 4) is 0 Å². The molecule has 1 aromatic carbocycles. The van der Waals surface area contributed by atoms with Crippen molar-refractivity contribution in [2.45, 2.75) is 0 Å². The van der Waals surface area contributed by atoms with Crippen LogP contribution in [0.2, 0.25) is 10.0 Å². The normalized spacial score (nSPS) is 16.3. The van der Waals surface area contributed by atoms with Crippen molar-refractivity contribution < 1.29 is 14.5 Å². The van der Waals surface area contributed by atoms with E-state index in [9.17, 15) is 19.7 Å². The van der Waals surface area contributed by atoms with Crippen LogP contribution in [0.15, 0.2) is 30.4 Å². The average Bonchev–Trinajstić information content (AvgIpc) is 2.50. The van der Waals surface area contributed by atoms with Gasteiger partial charge in [0.2, 0.25) is 0 Å². The number of carbonyl (C=O) groups is 2. The second kappa shape index (κ2) is 7.08. The summed E-state index contributed by atoms with van der Waals surface area (Å²) in [6.45, 7) is 3.60. The first kappa shape index (κ1) is 18.1. The minimum absolute atomic E-state index is 0.00240. The molecule has 1 fully saturated rings. The standard InChI is InChI=1S/C14H9Cl2N3O4S/c1-2-5-18-13(21)8(12(20)17-14(18)24)6-7-9(15)3-4-10(11(7)16)19(22)23/h2-4,6H,1,5H2,(H,17,20,24). The van der Waals surface area contributed by atoms with Crippen molar-refractivity contribution in [3.63, 3.8) is 0 Å². The highest BCUT2D eigenvalue weighted by Crippen LogP contribution is 2.35. The van der Waals surface area contributed by atoms with Crippen molar-refractivity contribution in [1.82, 2.24) is 10.2 Å². The van der Waals surface area contributed by atoms with Gasteiger partial charge in [0.05, 0.1) is 4.92 Å². The fourth-order valence-electron chi connectivity index (χ4n) is 1.96. The van der Waals surface area contributed by atoms with Gasteiger partial charge in [0, 0.05) is 23.2 Å². The zero-order valence-electron chi connectivity index (χ0n) is 11.9. The minimum atomic E-state index is -0.746. The summed E-state index contributed by atoms with van der Waals surface area (Å²) in [6, 6.07) is 2.39. The second-order valence-electron chi connectivity index (χ2n) is 4.57. The molecular weight excluding hydrogens is 377 g/mol. The van der Waals surface area contributed by atoms with Crippen molar-refractivity contribution in [3.05, 3.63) is 56.1 Å². The number of nitro benzene ring substituents is 1. The molecule has 1 saturated heterocycles. The summed E-state index contributed by atoms with van der Waals surface area (Å²) in [6.07, 6.45) is 2.54. The Morgan fingerprint density at radius 1 is 1.38 bits per heavy atom. The molecule has 1 aliphatic heterocycles. The molecule has 7 nitrogen and oxygen atoms in total. The molecule has 1 heterocycles. The van der Waals surface area contributed by atoms with Crippen LogP contribution in [0.4, 0.5) is 5.69 Å². The first-order chi connectivity index (χ1) is 11.3. The number of hydrogen-bond acceptors (Lipinski definition) is 5. The highest BCUT2D eigenvalue weighted by atomic mass is 35.5. The smallest absolute Gasteiger partial charge is 0.288 e. The highest BCUT2D eigenvalue weighted by molar-refractivity contribution is 7.80. The zero-order chi connectivity index (χ0) is 18.0. The molecule has 0 aromatic heterocycles. The molecular formula is C14H9Cl2N3O4S. The molecule has 1 N–H and O–H groups in total. The van der Waals surface area contributed by atoms with Crippen molar-refractivity contribution >= 4 is 64.1 Å². The Kier molecular flexibility index (Phi) is 5.33. The van der Waals surface area contributed by atoms with E-state index in [-0.39, 0.29) is 32.8 Å². The third kappa shape index (κ3) is 3.30. The van der Waals surface area contributed by atoms with Crippen LogP contribution >= 0.6 is 35.4 Å². The molecule has 1 aromatic rings. The van der Waals surface area contributed by atoms with Crippen molar-refractivity contribution in [2.75, 3.05) is 6.54 Å². The predicted octanol–water partition coefficient (Wildman–Crippen LogP) is 2.71. The molecule has 24 heavy (non-hydrogen) atoms. The lowest BCUT2D eigenvalue weighted by molar-refractivity contribution is -0.384. The van der Waals surface area contributed by atoms with Gasteiger partial charge in [-0.15, -0.1) is 6.58 Å². The third-order valence-corrected chi connectivity index (χ3v) is 4.14. The summed E-state index contributed by atoms with van der Waals surface area (Å²) >= 11 is 16.9. The molecule has 10 heteroatoms. The van der Waals surface area contributed by atoms with Gasteiger partial charge in [-0.1, -0.05) is 29.3 Å². The van der Waals surface area contributed by atoms with Gasteiger partial charge in [0.1, 0.15) is 10.6 Å². The van der Waals surface area contributed by atoms with Gasteiger partial charge in [-0.05, 0) is 24.4 Å². The van der Waals surface area contributed by atoms with E-state index in [0.717, 1.165) is 17.0 Å². The van der Waals surface area contributed by atoms with Gasteiger partial charge in [-0.2, -0.15) is 0 Å². The third-order valence-electron chi connectivity index (χ3n) is 3.09. The van der Waals surface area contributed by atoms with Gasteiger partial charge in [-0.3, -0.25) is 29.9 Å². The van der Waals surface area contributed by atoms with E-state index in [0.29, 0.717) is 0 Å². The molecule has 2 rings (SSSR count). The minimum Gasteiger partial charge on any atom is -0.298 e. The van der Waals surface area contributed by atoms with Gasteiger partial charge in [0.25, 0.3) is 17.5 Å². The quantitative estimate of drug-likeness (QED) is 0.215. The first-order valence-electron chi connectivity index (χ1n) is 6.40. The number of rotatable bonds is 4. The summed E-state index contributed by atoms with van der Waals surface area (Å²) in [5.41, 5.74) is -0.692. The van der Waals surface area contributed by atoms with Gasteiger partial charge in [0.15, 0.2) is 5.11 Å². The van der Waals surface area contributed by atoms with E-state index in [1.54, 1.807) is 0 Å². The molecule has 0 spiro atoms. The topological polar surface area (TPSA) is 92.6 Å². The number of carbonyl (C=O) groups excluding carboxylic acids is 2. The van der Waals surface area contributed by atoms with Crippen LogP contribution in [0, 0.1) is 10.1 Å². The predicted molar refractivity (Wildman–Crippen MR) is 93.7 cm³/mol. The molecule has 2 amide bonds. The molecule has 124 valence electrons. The maximum atomic E-state index is 12.4. The lowest BCUT2D eigenvalue weighted by Crippen LogP contribution is -2.53. The van der Waals surface area contributed by atoms with Crippen LogP contribution in [-0.2, 0) is 9.59 Å². The van der Waals surface area contributed by atoms with E-state index < -0.39 is 22.4 Å². The number of nitrogens with one attached hydrogen (secondary N) is 1. The van der Waals surface area contributed by atoms with E-state index in [1.807, 2.05) is 0 Å². The number of amides is 2. The molecule has 0 radical (unpaired) electrons. The van der Waals surface area contributed by atoms with Crippen molar-refractivity contribution in [2.24, 2.45) is 0 Å². The highest BCUT2D eigenvalue weighted by Gasteiger charge is 2.33. The second-order valence-corrected chi connectivity index (χ2v) is 5.74. The molecule has 1 aliphatic rings. The monoisotopic (exact) mass is 385 g/mol. The fourth-order valence-corrected chi connectivity index (χ4v) is 2.76. The van der Waals surface area contributed by atoms with Crippen LogP contribution in [0.25, 0.3) is 6.08 Å². The van der Waals surface area contributed by atoms with Crippen molar-refractivity contribution in [1.29, 1.82) is 0 Å². The Balaban J connectivity index is 2.57. The summed E-state index contributed by atoms with van der Waals surface area (Å²) < 4.78 is 0. The number of halogens is 2. The van der Waals surface area contributed by atoms with Crippen LogP contribution < -0.4 is 5.32 Å². The van der Waals surface area contributed by atoms with Crippen LogP contribution in [-0.4, -0.2) is 33.3 Å². The molecule has 0 bridgehead atoms. The summed E-state index contributed by atoms with van der Waals surface area (Å²) in [5.74, 6) is -1.42. The lowest BCUT2D eigenvalue weighted by atomic mass is 10.1. The Bertz CT molecular complexity index is 822. The van der Waals surface area contributed by atoms with Gasteiger partial charge < -0.3 is 0 Å².